The third-order valence-electron chi connectivity index (χ3n) is 5.17. The molecule has 3 N–H and O–H groups in total. The van der Waals surface area contributed by atoms with Crippen molar-refractivity contribution in [3.63, 3.8) is 0 Å². The van der Waals surface area contributed by atoms with Gasteiger partial charge >= 0.3 is 5.97 Å². The molecular formula is C21H22N2O3S. The van der Waals surface area contributed by atoms with Crippen LogP contribution in [-0.2, 0) is 10.2 Å². The zero-order chi connectivity index (χ0) is 19.4. The van der Waals surface area contributed by atoms with Crippen molar-refractivity contribution in [2.45, 2.75) is 38.0 Å². The molecule has 0 atom stereocenters. The van der Waals surface area contributed by atoms with Gasteiger partial charge in [0, 0.05) is 5.69 Å². The van der Waals surface area contributed by atoms with Gasteiger partial charge in [-0.05, 0) is 61.3 Å². The first-order chi connectivity index (χ1) is 12.9. The quantitative estimate of drug-likeness (QED) is 0.696. The highest BCUT2D eigenvalue weighted by Crippen LogP contribution is 2.41. The maximum Gasteiger partial charge on any atom is 0.335 e. The number of benzene rings is 2. The van der Waals surface area contributed by atoms with Crippen LogP contribution in [0.5, 0.6) is 0 Å². The second kappa shape index (κ2) is 7.88. The SMILES string of the molecule is Cc1cc(C(=O)O)ccc1NC(=S)NC(=O)C1(c2ccccc2)CCCC1. The number of carbonyl (C=O) groups excluding carboxylic acids is 1. The third kappa shape index (κ3) is 4.01. The number of carbonyl (C=O) groups is 2. The van der Waals surface area contributed by atoms with E-state index in [9.17, 15) is 9.59 Å². The maximum atomic E-state index is 13.1. The van der Waals surface area contributed by atoms with E-state index in [4.69, 9.17) is 17.3 Å². The molecule has 1 aliphatic rings. The van der Waals surface area contributed by atoms with Crippen LogP contribution in [0.2, 0.25) is 0 Å². The van der Waals surface area contributed by atoms with Gasteiger partial charge in [-0.25, -0.2) is 4.79 Å². The fraction of sp³-hybridized carbons (Fsp3) is 0.286. The Labute approximate surface area is 163 Å². The molecule has 0 saturated heterocycles. The normalized spacial score (nSPS) is 15.1. The minimum absolute atomic E-state index is 0.0940. The number of nitrogens with one attached hydrogen (secondary N) is 2. The van der Waals surface area contributed by atoms with Gasteiger partial charge in [0.05, 0.1) is 11.0 Å². The van der Waals surface area contributed by atoms with Crippen LogP contribution in [0, 0.1) is 6.92 Å². The molecule has 0 aromatic heterocycles. The first-order valence-electron chi connectivity index (χ1n) is 8.94. The van der Waals surface area contributed by atoms with E-state index in [0.717, 1.165) is 36.8 Å². The highest BCUT2D eigenvalue weighted by molar-refractivity contribution is 7.80. The van der Waals surface area contributed by atoms with Crippen molar-refractivity contribution in [1.29, 1.82) is 0 Å². The molecule has 3 rings (SSSR count). The second-order valence-electron chi connectivity index (χ2n) is 6.90. The van der Waals surface area contributed by atoms with Crippen molar-refractivity contribution in [1.82, 2.24) is 5.32 Å². The smallest absolute Gasteiger partial charge is 0.335 e. The highest BCUT2D eigenvalue weighted by atomic mass is 32.1. The van der Waals surface area contributed by atoms with Gasteiger partial charge in [0.15, 0.2) is 5.11 Å². The molecule has 1 saturated carbocycles. The van der Waals surface area contributed by atoms with Gasteiger partial charge < -0.3 is 15.7 Å². The summed E-state index contributed by atoms with van der Waals surface area (Å²) in [5, 5.41) is 15.1. The van der Waals surface area contributed by atoms with Gasteiger partial charge in [0.25, 0.3) is 0 Å². The summed E-state index contributed by atoms with van der Waals surface area (Å²) in [5.41, 5.74) is 2.09. The summed E-state index contributed by atoms with van der Waals surface area (Å²) in [5.74, 6) is -1.07. The van der Waals surface area contributed by atoms with E-state index in [-0.39, 0.29) is 16.6 Å². The van der Waals surface area contributed by atoms with E-state index < -0.39 is 11.4 Å². The number of carboxylic acid groups (broad SMARTS) is 1. The van der Waals surface area contributed by atoms with Crippen LogP contribution in [0.1, 0.15) is 47.2 Å². The van der Waals surface area contributed by atoms with Crippen molar-refractivity contribution in [3.8, 4) is 0 Å². The van der Waals surface area contributed by atoms with Crippen molar-refractivity contribution < 1.29 is 14.7 Å². The monoisotopic (exact) mass is 382 g/mol. The van der Waals surface area contributed by atoms with Crippen LogP contribution in [-0.4, -0.2) is 22.1 Å². The molecule has 6 heteroatoms. The Bertz CT molecular complexity index is 874. The highest BCUT2D eigenvalue weighted by Gasteiger charge is 2.42. The van der Waals surface area contributed by atoms with Crippen LogP contribution in [0.15, 0.2) is 48.5 Å². The lowest BCUT2D eigenvalue weighted by molar-refractivity contribution is -0.125. The zero-order valence-electron chi connectivity index (χ0n) is 15.1. The number of anilines is 1. The summed E-state index contributed by atoms with van der Waals surface area (Å²) in [7, 11) is 0. The van der Waals surface area contributed by atoms with Crippen LogP contribution < -0.4 is 10.6 Å². The van der Waals surface area contributed by atoms with Crippen LogP contribution >= 0.6 is 12.2 Å². The Morgan fingerprint density at radius 1 is 1.07 bits per heavy atom. The molecule has 1 amide bonds. The molecule has 0 bridgehead atoms. The predicted molar refractivity (Wildman–Crippen MR) is 109 cm³/mol. The number of thiocarbonyl (C=S) groups is 1. The first kappa shape index (κ1) is 19.0. The lowest BCUT2D eigenvalue weighted by Crippen LogP contribution is -2.46. The van der Waals surface area contributed by atoms with E-state index in [2.05, 4.69) is 10.6 Å². The number of carboxylic acids is 1. The summed E-state index contributed by atoms with van der Waals surface area (Å²) < 4.78 is 0. The predicted octanol–water partition coefficient (Wildman–Crippen LogP) is 4.02. The lowest BCUT2D eigenvalue weighted by atomic mass is 9.78. The Morgan fingerprint density at radius 2 is 1.74 bits per heavy atom. The average molecular weight is 382 g/mol. The summed E-state index contributed by atoms with van der Waals surface area (Å²) in [6.45, 7) is 1.79. The van der Waals surface area contributed by atoms with E-state index in [1.165, 1.54) is 6.07 Å². The molecular weight excluding hydrogens is 360 g/mol. The third-order valence-corrected chi connectivity index (χ3v) is 5.37. The molecule has 0 unspecified atom stereocenters. The molecule has 1 fully saturated rings. The number of aromatic carboxylic acids is 1. The summed E-state index contributed by atoms with van der Waals surface area (Å²) >= 11 is 5.33. The number of rotatable bonds is 4. The molecule has 2 aromatic carbocycles. The van der Waals surface area contributed by atoms with E-state index in [1.54, 1.807) is 19.1 Å². The molecule has 0 spiro atoms. The Kier molecular flexibility index (Phi) is 5.56. The molecule has 0 aliphatic heterocycles. The van der Waals surface area contributed by atoms with Gasteiger partial charge in [-0.3, -0.25) is 4.79 Å². The van der Waals surface area contributed by atoms with Gasteiger partial charge in [-0.2, -0.15) is 0 Å². The minimum Gasteiger partial charge on any atom is -0.478 e. The average Bonchev–Trinajstić information content (AvgIpc) is 3.15. The molecule has 2 aromatic rings. The van der Waals surface area contributed by atoms with Crippen molar-refractivity contribution in [3.05, 3.63) is 65.2 Å². The van der Waals surface area contributed by atoms with E-state index in [1.807, 2.05) is 30.3 Å². The Balaban J connectivity index is 1.73. The second-order valence-corrected chi connectivity index (χ2v) is 7.31. The van der Waals surface area contributed by atoms with Crippen molar-refractivity contribution >= 4 is 34.9 Å². The topological polar surface area (TPSA) is 78.4 Å². The van der Waals surface area contributed by atoms with Crippen molar-refractivity contribution in [2.24, 2.45) is 0 Å². The van der Waals surface area contributed by atoms with Gasteiger partial charge in [0.1, 0.15) is 0 Å². The van der Waals surface area contributed by atoms with Crippen LogP contribution in [0.4, 0.5) is 5.69 Å². The minimum atomic E-state index is -0.980. The standard InChI is InChI=1S/C21H22N2O3S/c1-14-13-15(18(24)25)9-10-17(14)22-20(27)23-19(26)21(11-5-6-12-21)16-7-3-2-4-8-16/h2-4,7-10,13H,5-6,11-12H2,1H3,(H,24,25)(H2,22,23,26,27). The lowest BCUT2D eigenvalue weighted by Gasteiger charge is -2.28. The molecule has 0 heterocycles. The summed E-state index contributed by atoms with van der Waals surface area (Å²) in [6, 6.07) is 14.6. The maximum absolute atomic E-state index is 13.1. The fourth-order valence-corrected chi connectivity index (χ4v) is 3.90. The van der Waals surface area contributed by atoms with E-state index >= 15 is 0 Å². The fourth-order valence-electron chi connectivity index (χ4n) is 3.70. The first-order valence-corrected chi connectivity index (χ1v) is 9.35. The van der Waals surface area contributed by atoms with Crippen LogP contribution in [0.25, 0.3) is 0 Å². The molecule has 5 nitrogen and oxygen atoms in total. The van der Waals surface area contributed by atoms with Gasteiger partial charge in [-0.1, -0.05) is 43.2 Å². The largest absolute Gasteiger partial charge is 0.478 e. The Morgan fingerprint density at radius 3 is 2.33 bits per heavy atom. The van der Waals surface area contributed by atoms with Gasteiger partial charge in [0.2, 0.25) is 5.91 Å². The zero-order valence-corrected chi connectivity index (χ0v) is 15.9. The molecule has 0 radical (unpaired) electrons. The van der Waals surface area contributed by atoms with Crippen LogP contribution in [0.3, 0.4) is 0 Å². The molecule has 140 valence electrons. The number of aryl methyl sites for hydroxylation is 1. The number of amides is 1. The number of hydrogen-bond donors (Lipinski definition) is 3. The summed E-state index contributed by atoms with van der Waals surface area (Å²) in [4.78, 5) is 24.1. The Hall–Kier alpha value is -2.73. The van der Waals surface area contributed by atoms with Crippen molar-refractivity contribution in [2.75, 3.05) is 5.32 Å². The molecule has 1 aliphatic carbocycles. The van der Waals surface area contributed by atoms with E-state index in [0.29, 0.717) is 5.69 Å². The number of hydrogen-bond acceptors (Lipinski definition) is 3. The molecule has 27 heavy (non-hydrogen) atoms. The summed E-state index contributed by atoms with van der Waals surface area (Å²) in [6.07, 6.45) is 3.63. The van der Waals surface area contributed by atoms with Gasteiger partial charge in [-0.15, -0.1) is 0 Å².